The molecule has 4 heteroatoms. The van der Waals surface area contributed by atoms with Crippen LogP contribution in [0.25, 0.3) is 0 Å². The van der Waals surface area contributed by atoms with E-state index in [0.29, 0.717) is 6.42 Å². The molecular formula is C17H26N2O2. The summed E-state index contributed by atoms with van der Waals surface area (Å²) in [6.45, 7) is 7.67. The molecule has 0 unspecified atom stereocenters. The number of hydrogen-bond donors (Lipinski definition) is 1. The Morgan fingerprint density at radius 3 is 2.71 bits per heavy atom. The first-order valence-electron chi connectivity index (χ1n) is 7.89. The number of nitrogens with zero attached hydrogens (tertiary/aromatic N) is 1. The fourth-order valence-electron chi connectivity index (χ4n) is 2.51. The molecule has 0 bridgehead atoms. The molecule has 1 aromatic carbocycles. The largest absolute Gasteiger partial charge is 0.491 e. The van der Waals surface area contributed by atoms with Crippen molar-refractivity contribution in [2.75, 3.05) is 26.2 Å². The Hall–Kier alpha value is -1.55. The molecule has 0 saturated carbocycles. The summed E-state index contributed by atoms with van der Waals surface area (Å²) in [5.74, 6) is 1.15. The summed E-state index contributed by atoms with van der Waals surface area (Å²) >= 11 is 0. The molecule has 1 heterocycles. The first kappa shape index (κ1) is 15.8. The first-order chi connectivity index (χ1) is 10.1. The van der Waals surface area contributed by atoms with Crippen molar-refractivity contribution in [3.05, 3.63) is 29.8 Å². The van der Waals surface area contributed by atoms with Crippen LogP contribution in [0.3, 0.4) is 0 Å². The van der Waals surface area contributed by atoms with E-state index >= 15 is 0 Å². The number of ether oxygens (including phenoxy) is 1. The Kier molecular flexibility index (Phi) is 6.05. The van der Waals surface area contributed by atoms with Gasteiger partial charge in [-0.25, -0.2) is 0 Å². The second-order valence-electron chi connectivity index (χ2n) is 5.79. The van der Waals surface area contributed by atoms with Crippen LogP contribution in [0, 0.1) is 0 Å². The van der Waals surface area contributed by atoms with Gasteiger partial charge >= 0.3 is 0 Å². The minimum absolute atomic E-state index is 0.189. The zero-order valence-electron chi connectivity index (χ0n) is 13.1. The fraction of sp³-hybridized carbons (Fsp3) is 0.588. The summed E-state index contributed by atoms with van der Waals surface area (Å²) in [6.07, 6.45) is 2.62. The molecule has 0 radical (unpaired) electrons. The van der Waals surface area contributed by atoms with Gasteiger partial charge in [-0.15, -0.1) is 0 Å². The average molecular weight is 290 g/mol. The van der Waals surface area contributed by atoms with Gasteiger partial charge in [0.05, 0.1) is 6.10 Å². The van der Waals surface area contributed by atoms with Gasteiger partial charge in [0.2, 0.25) is 5.91 Å². The molecule has 0 spiro atoms. The molecular weight excluding hydrogens is 264 g/mol. The van der Waals surface area contributed by atoms with E-state index in [1.807, 2.05) is 30.9 Å². The van der Waals surface area contributed by atoms with E-state index in [-0.39, 0.29) is 12.0 Å². The van der Waals surface area contributed by atoms with Gasteiger partial charge in [-0.05, 0) is 50.9 Å². The van der Waals surface area contributed by atoms with Crippen molar-refractivity contribution in [2.45, 2.75) is 39.2 Å². The lowest BCUT2D eigenvalue weighted by Crippen LogP contribution is -2.34. The smallest absolute Gasteiger partial charge is 0.222 e. The molecule has 1 aromatic rings. The number of hydrogen-bond acceptors (Lipinski definition) is 3. The zero-order chi connectivity index (χ0) is 15.1. The van der Waals surface area contributed by atoms with Crippen molar-refractivity contribution in [1.29, 1.82) is 0 Å². The monoisotopic (exact) mass is 290 g/mol. The van der Waals surface area contributed by atoms with Crippen molar-refractivity contribution in [3.63, 3.8) is 0 Å². The molecule has 116 valence electrons. The van der Waals surface area contributed by atoms with Gasteiger partial charge < -0.3 is 15.0 Å². The predicted octanol–water partition coefficient (Wildman–Crippen LogP) is 2.23. The number of nitrogens with one attached hydrogen (secondary N) is 1. The van der Waals surface area contributed by atoms with E-state index in [0.717, 1.165) is 44.8 Å². The highest BCUT2D eigenvalue weighted by Crippen LogP contribution is 2.15. The van der Waals surface area contributed by atoms with Gasteiger partial charge in [0.1, 0.15) is 5.75 Å². The van der Waals surface area contributed by atoms with E-state index in [4.69, 9.17) is 4.74 Å². The van der Waals surface area contributed by atoms with Crippen LogP contribution in [0.15, 0.2) is 24.3 Å². The Morgan fingerprint density at radius 1 is 1.24 bits per heavy atom. The topological polar surface area (TPSA) is 41.6 Å². The number of rotatable bonds is 5. The van der Waals surface area contributed by atoms with Crippen molar-refractivity contribution >= 4 is 5.91 Å². The van der Waals surface area contributed by atoms with E-state index in [2.05, 4.69) is 17.4 Å². The summed E-state index contributed by atoms with van der Waals surface area (Å²) in [7, 11) is 0. The van der Waals surface area contributed by atoms with Crippen molar-refractivity contribution < 1.29 is 9.53 Å². The Morgan fingerprint density at radius 2 is 2.00 bits per heavy atom. The van der Waals surface area contributed by atoms with Gasteiger partial charge in [-0.1, -0.05) is 12.1 Å². The summed E-state index contributed by atoms with van der Waals surface area (Å²) in [5, 5.41) is 3.32. The van der Waals surface area contributed by atoms with Crippen LogP contribution >= 0.6 is 0 Å². The van der Waals surface area contributed by atoms with Crippen LogP contribution in [0.5, 0.6) is 5.75 Å². The SMILES string of the molecule is CC(C)Oc1ccc(CCC(=O)N2CCCNCC2)cc1. The van der Waals surface area contributed by atoms with E-state index in [1.54, 1.807) is 0 Å². The van der Waals surface area contributed by atoms with E-state index < -0.39 is 0 Å². The quantitative estimate of drug-likeness (QED) is 0.904. The normalized spacial score (nSPS) is 15.9. The van der Waals surface area contributed by atoms with E-state index in [9.17, 15) is 4.79 Å². The number of amides is 1. The van der Waals surface area contributed by atoms with Crippen molar-refractivity contribution in [2.24, 2.45) is 0 Å². The second-order valence-corrected chi connectivity index (χ2v) is 5.79. The van der Waals surface area contributed by atoms with E-state index in [1.165, 1.54) is 5.56 Å². The number of carbonyl (C=O) groups excluding carboxylic acids is 1. The maximum absolute atomic E-state index is 12.2. The lowest BCUT2D eigenvalue weighted by Gasteiger charge is -2.19. The predicted molar refractivity (Wildman–Crippen MR) is 84.6 cm³/mol. The highest BCUT2D eigenvalue weighted by molar-refractivity contribution is 5.76. The molecule has 4 nitrogen and oxygen atoms in total. The Balaban J connectivity index is 1.80. The van der Waals surface area contributed by atoms with Gasteiger partial charge in [-0.2, -0.15) is 0 Å². The molecule has 2 rings (SSSR count). The van der Waals surface area contributed by atoms with Gasteiger partial charge in [0, 0.05) is 26.1 Å². The van der Waals surface area contributed by atoms with Gasteiger partial charge in [-0.3, -0.25) is 4.79 Å². The molecule has 1 saturated heterocycles. The molecule has 0 aromatic heterocycles. The Labute approximate surface area is 127 Å². The number of benzene rings is 1. The highest BCUT2D eigenvalue weighted by Gasteiger charge is 2.14. The zero-order valence-corrected chi connectivity index (χ0v) is 13.1. The summed E-state index contributed by atoms with van der Waals surface area (Å²) in [5.41, 5.74) is 1.19. The van der Waals surface area contributed by atoms with Crippen LogP contribution in [-0.2, 0) is 11.2 Å². The third kappa shape index (κ3) is 5.38. The van der Waals surface area contributed by atoms with Crippen molar-refractivity contribution in [3.8, 4) is 5.75 Å². The first-order valence-corrected chi connectivity index (χ1v) is 7.89. The third-order valence-electron chi connectivity index (χ3n) is 3.62. The average Bonchev–Trinajstić information content (AvgIpc) is 2.75. The summed E-state index contributed by atoms with van der Waals surface area (Å²) in [4.78, 5) is 14.2. The highest BCUT2D eigenvalue weighted by atomic mass is 16.5. The van der Waals surface area contributed by atoms with Crippen LogP contribution in [-0.4, -0.2) is 43.1 Å². The molecule has 1 fully saturated rings. The second kappa shape index (κ2) is 8.03. The fourth-order valence-corrected chi connectivity index (χ4v) is 2.51. The molecule has 1 amide bonds. The van der Waals surface area contributed by atoms with Gasteiger partial charge in [0.25, 0.3) is 0 Å². The van der Waals surface area contributed by atoms with Crippen LogP contribution < -0.4 is 10.1 Å². The summed E-state index contributed by atoms with van der Waals surface area (Å²) < 4.78 is 5.62. The Bertz CT molecular complexity index is 435. The summed E-state index contributed by atoms with van der Waals surface area (Å²) in [6, 6.07) is 8.06. The standard InChI is InChI=1S/C17H26N2O2/c1-14(2)21-16-7-4-15(5-8-16)6-9-17(20)19-12-3-10-18-11-13-19/h4-5,7-8,14,18H,3,6,9-13H2,1-2H3. The molecule has 0 aliphatic carbocycles. The van der Waals surface area contributed by atoms with Crippen LogP contribution in [0.4, 0.5) is 0 Å². The molecule has 1 aliphatic heterocycles. The van der Waals surface area contributed by atoms with Crippen LogP contribution in [0.1, 0.15) is 32.3 Å². The molecule has 1 aliphatic rings. The van der Waals surface area contributed by atoms with Crippen LogP contribution in [0.2, 0.25) is 0 Å². The maximum atomic E-state index is 12.2. The third-order valence-corrected chi connectivity index (χ3v) is 3.62. The minimum atomic E-state index is 0.189. The molecule has 1 N–H and O–H groups in total. The van der Waals surface area contributed by atoms with Crippen molar-refractivity contribution in [1.82, 2.24) is 10.2 Å². The molecule has 0 atom stereocenters. The molecule has 21 heavy (non-hydrogen) atoms. The number of carbonyl (C=O) groups is 1. The maximum Gasteiger partial charge on any atom is 0.222 e. The minimum Gasteiger partial charge on any atom is -0.491 e. The lowest BCUT2D eigenvalue weighted by molar-refractivity contribution is -0.130. The number of aryl methyl sites for hydroxylation is 1. The lowest BCUT2D eigenvalue weighted by atomic mass is 10.1. The van der Waals surface area contributed by atoms with Gasteiger partial charge in [0.15, 0.2) is 0 Å².